The van der Waals surface area contributed by atoms with E-state index in [4.69, 9.17) is 4.74 Å². The Morgan fingerprint density at radius 3 is 2.32 bits per heavy atom. The van der Waals surface area contributed by atoms with E-state index in [-0.39, 0.29) is 18.3 Å². The van der Waals surface area contributed by atoms with Crippen molar-refractivity contribution < 1.29 is 19.1 Å². The van der Waals surface area contributed by atoms with Crippen molar-refractivity contribution in [2.24, 2.45) is 0 Å². The third-order valence-corrected chi connectivity index (χ3v) is 3.93. The van der Waals surface area contributed by atoms with Crippen LogP contribution in [0.5, 0.6) is 0 Å². The molecule has 6 nitrogen and oxygen atoms in total. The average Bonchev–Trinajstić information content (AvgIpc) is 3.26. The van der Waals surface area contributed by atoms with E-state index in [1.807, 2.05) is 61.5 Å². The van der Waals surface area contributed by atoms with Gasteiger partial charge in [-0.25, -0.2) is 9.59 Å². The molecule has 1 N–H and O–H groups in total. The molecule has 2 amide bonds. The maximum Gasteiger partial charge on any atom is 0.415 e. The van der Waals surface area contributed by atoms with Gasteiger partial charge >= 0.3 is 12.2 Å². The minimum atomic E-state index is -0.296. The van der Waals surface area contributed by atoms with Gasteiger partial charge in [-0.3, -0.25) is 4.90 Å². The van der Waals surface area contributed by atoms with Crippen LogP contribution in [-0.2, 0) is 9.47 Å². The molecule has 2 aromatic carbocycles. The summed E-state index contributed by atoms with van der Waals surface area (Å²) in [7, 11) is 0. The highest BCUT2D eigenvalue weighted by atomic mass is 16.6. The Morgan fingerprint density at radius 2 is 1.76 bits per heavy atom. The lowest BCUT2D eigenvalue weighted by Crippen LogP contribution is -2.23. The van der Waals surface area contributed by atoms with Crippen LogP contribution >= 0.6 is 0 Å². The summed E-state index contributed by atoms with van der Waals surface area (Å²) in [6.07, 6.45) is -0.761. The van der Waals surface area contributed by atoms with Gasteiger partial charge in [-0.05, 0) is 24.6 Å². The number of hydrogen-bond donors (Lipinski definition) is 1. The monoisotopic (exact) mass is 340 g/mol. The molecule has 0 aliphatic carbocycles. The Morgan fingerprint density at radius 1 is 1.04 bits per heavy atom. The molecule has 6 heteroatoms. The molecule has 2 aliphatic rings. The number of aryl methyl sites for hydroxylation is 1. The maximum absolute atomic E-state index is 11.9. The Labute approximate surface area is 146 Å². The van der Waals surface area contributed by atoms with E-state index < -0.39 is 0 Å². The highest BCUT2D eigenvalue weighted by molar-refractivity contribution is 5.89. The van der Waals surface area contributed by atoms with Crippen LogP contribution in [0.1, 0.15) is 17.2 Å². The van der Waals surface area contributed by atoms with Gasteiger partial charge in [-0.1, -0.05) is 48.0 Å². The van der Waals surface area contributed by atoms with Crippen molar-refractivity contribution >= 4 is 17.9 Å². The average molecular weight is 340 g/mol. The number of nitrogens with one attached hydrogen (secondary N) is 1. The molecule has 2 aliphatic heterocycles. The lowest BCUT2D eigenvalue weighted by molar-refractivity contribution is 0.142. The van der Waals surface area contributed by atoms with Crippen LogP contribution < -0.4 is 10.2 Å². The van der Waals surface area contributed by atoms with Gasteiger partial charge in [0, 0.05) is 5.69 Å². The van der Waals surface area contributed by atoms with Crippen molar-refractivity contribution in [2.75, 3.05) is 24.6 Å². The van der Waals surface area contributed by atoms with Crippen LogP contribution in [0.4, 0.5) is 15.3 Å². The van der Waals surface area contributed by atoms with Crippen LogP contribution in [-0.4, -0.2) is 31.9 Å². The number of alkyl carbamates (subject to hydrolysis) is 1. The largest absolute Gasteiger partial charge is 0.448 e. The SMILES string of the molecule is Cc1ccc(N2CC(c3ccccc3)OC2=O)cc1.O=C1NCCO1. The third kappa shape index (κ3) is 4.29. The number of nitrogens with zero attached hydrogens (tertiary/aromatic N) is 1. The molecule has 0 radical (unpaired) electrons. The number of carbonyl (C=O) groups is 2. The molecule has 2 fully saturated rings. The molecular weight excluding hydrogens is 320 g/mol. The van der Waals surface area contributed by atoms with Crippen molar-refractivity contribution in [2.45, 2.75) is 13.0 Å². The number of rotatable bonds is 2. The quantitative estimate of drug-likeness (QED) is 0.909. The second-order valence-electron chi connectivity index (χ2n) is 5.79. The molecule has 2 heterocycles. The molecule has 130 valence electrons. The summed E-state index contributed by atoms with van der Waals surface area (Å²) in [5, 5.41) is 2.46. The van der Waals surface area contributed by atoms with E-state index in [9.17, 15) is 9.59 Å². The van der Waals surface area contributed by atoms with Crippen molar-refractivity contribution in [1.29, 1.82) is 0 Å². The number of carbonyl (C=O) groups excluding carboxylic acids is 2. The van der Waals surface area contributed by atoms with E-state index in [0.29, 0.717) is 19.7 Å². The van der Waals surface area contributed by atoms with Crippen molar-refractivity contribution in [3.05, 3.63) is 65.7 Å². The van der Waals surface area contributed by atoms with Crippen LogP contribution in [0.3, 0.4) is 0 Å². The summed E-state index contributed by atoms with van der Waals surface area (Å²) in [5.74, 6) is 0. The number of cyclic esters (lactones) is 2. The van der Waals surface area contributed by atoms with E-state index in [1.54, 1.807) is 4.90 Å². The van der Waals surface area contributed by atoms with E-state index in [1.165, 1.54) is 5.56 Å². The van der Waals surface area contributed by atoms with Gasteiger partial charge in [0.2, 0.25) is 0 Å². The van der Waals surface area contributed by atoms with Gasteiger partial charge < -0.3 is 14.8 Å². The first-order valence-electron chi connectivity index (χ1n) is 8.14. The summed E-state index contributed by atoms with van der Waals surface area (Å²) in [4.78, 5) is 23.5. The zero-order valence-corrected chi connectivity index (χ0v) is 14.0. The molecule has 1 unspecified atom stereocenters. The Balaban J connectivity index is 0.000000258. The zero-order chi connectivity index (χ0) is 17.6. The number of amides is 2. The van der Waals surface area contributed by atoms with Crippen LogP contribution in [0, 0.1) is 6.92 Å². The molecule has 2 saturated heterocycles. The van der Waals surface area contributed by atoms with Crippen LogP contribution in [0.15, 0.2) is 54.6 Å². The second-order valence-corrected chi connectivity index (χ2v) is 5.79. The smallest absolute Gasteiger partial charge is 0.415 e. The Hall–Kier alpha value is -3.02. The highest BCUT2D eigenvalue weighted by Gasteiger charge is 2.33. The highest BCUT2D eigenvalue weighted by Crippen LogP contribution is 2.29. The van der Waals surface area contributed by atoms with Crippen LogP contribution in [0.2, 0.25) is 0 Å². The normalized spacial score (nSPS) is 18.8. The van der Waals surface area contributed by atoms with Crippen LogP contribution in [0.25, 0.3) is 0 Å². The predicted molar refractivity (Wildman–Crippen MR) is 93.5 cm³/mol. The molecule has 25 heavy (non-hydrogen) atoms. The first-order chi connectivity index (χ1) is 12.1. The lowest BCUT2D eigenvalue weighted by Gasteiger charge is -2.13. The number of hydrogen-bond acceptors (Lipinski definition) is 4. The lowest BCUT2D eigenvalue weighted by atomic mass is 10.1. The van der Waals surface area contributed by atoms with Crippen molar-refractivity contribution in [3.63, 3.8) is 0 Å². The van der Waals surface area contributed by atoms with Gasteiger partial charge in [-0.2, -0.15) is 0 Å². The fraction of sp³-hybridized carbons (Fsp3) is 0.263. The van der Waals surface area contributed by atoms with Gasteiger partial charge in [0.15, 0.2) is 0 Å². The summed E-state index contributed by atoms with van der Waals surface area (Å²) in [5.41, 5.74) is 3.09. The first-order valence-corrected chi connectivity index (χ1v) is 8.14. The summed E-state index contributed by atoms with van der Waals surface area (Å²) >= 11 is 0. The van der Waals surface area contributed by atoms with E-state index in [2.05, 4.69) is 10.1 Å². The summed E-state index contributed by atoms with van der Waals surface area (Å²) < 4.78 is 9.83. The van der Waals surface area contributed by atoms with Gasteiger partial charge in [0.25, 0.3) is 0 Å². The molecule has 2 aromatic rings. The number of benzene rings is 2. The number of ether oxygens (including phenoxy) is 2. The second kappa shape index (κ2) is 7.70. The van der Waals surface area contributed by atoms with Crippen molar-refractivity contribution in [3.8, 4) is 0 Å². The summed E-state index contributed by atoms with van der Waals surface area (Å²) in [6.45, 7) is 3.78. The molecule has 1 atom stereocenters. The fourth-order valence-electron chi connectivity index (χ4n) is 2.59. The molecule has 0 saturated carbocycles. The van der Waals surface area contributed by atoms with Gasteiger partial charge in [0.05, 0.1) is 13.1 Å². The molecule has 0 aromatic heterocycles. The van der Waals surface area contributed by atoms with E-state index >= 15 is 0 Å². The van der Waals surface area contributed by atoms with Crippen molar-refractivity contribution in [1.82, 2.24) is 5.32 Å². The Bertz CT molecular complexity index is 723. The van der Waals surface area contributed by atoms with E-state index in [0.717, 1.165) is 11.3 Å². The predicted octanol–water partition coefficient (Wildman–Crippen LogP) is 3.42. The van der Waals surface area contributed by atoms with Gasteiger partial charge in [-0.15, -0.1) is 0 Å². The molecule has 0 bridgehead atoms. The zero-order valence-electron chi connectivity index (χ0n) is 14.0. The number of anilines is 1. The minimum Gasteiger partial charge on any atom is -0.448 e. The maximum atomic E-state index is 11.9. The summed E-state index contributed by atoms with van der Waals surface area (Å²) in [6, 6.07) is 17.7. The standard InChI is InChI=1S/C16H15NO2.C3H5NO2/c1-12-7-9-14(10-8-12)17-11-15(19-16(17)18)13-5-3-2-4-6-13;5-3-4-1-2-6-3/h2-10,15H,11H2,1H3;1-2H2,(H,4,5). The minimum absolute atomic E-state index is 0.185. The Kier molecular flexibility index (Phi) is 5.18. The topological polar surface area (TPSA) is 67.9 Å². The molecule has 0 spiro atoms. The third-order valence-electron chi connectivity index (χ3n) is 3.93. The fourth-order valence-corrected chi connectivity index (χ4v) is 2.59. The first kappa shape index (κ1) is 16.8. The van der Waals surface area contributed by atoms with Gasteiger partial charge in [0.1, 0.15) is 12.7 Å². The molecular formula is C19H20N2O4. The molecule has 4 rings (SSSR count).